The van der Waals surface area contributed by atoms with Crippen LogP contribution in [0.2, 0.25) is 0 Å². The molecule has 110 valence electrons. The largest absolute Gasteiger partial charge is 0.396 e. The third kappa shape index (κ3) is 4.91. The van der Waals surface area contributed by atoms with Crippen molar-refractivity contribution in [2.45, 2.75) is 44.6 Å². The molecule has 0 spiro atoms. The number of amides is 1. The predicted molar refractivity (Wildman–Crippen MR) is 83.4 cm³/mol. The summed E-state index contributed by atoms with van der Waals surface area (Å²) in [5, 5.41) is 12.2. The lowest BCUT2D eigenvalue weighted by molar-refractivity contribution is -0.122. The first-order valence-corrected chi connectivity index (χ1v) is 8.11. The Hall–Kier alpha value is -0.870. The molecule has 3 nitrogen and oxygen atoms in total. The molecule has 20 heavy (non-hydrogen) atoms. The lowest BCUT2D eigenvalue weighted by atomic mass is 9.86. The number of carbonyl (C=O) groups is 1. The summed E-state index contributed by atoms with van der Waals surface area (Å²) in [4.78, 5) is 11.9. The van der Waals surface area contributed by atoms with Gasteiger partial charge in [-0.3, -0.25) is 4.79 Å². The minimum absolute atomic E-state index is 0.139. The number of rotatable bonds is 5. The maximum atomic E-state index is 11.9. The van der Waals surface area contributed by atoms with Gasteiger partial charge in [0.2, 0.25) is 5.91 Å². The second-order valence-corrected chi connectivity index (χ2v) is 6.51. The molecular weight excluding hydrogens is 318 g/mol. The van der Waals surface area contributed by atoms with Gasteiger partial charge in [-0.15, -0.1) is 0 Å². The SMILES string of the molecule is O=C(CCc1ccc(Br)cc1)NC1CCC(CO)CC1. The quantitative estimate of drug-likeness (QED) is 0.866. The fraction of sp³-hybridized carbons (Fsp3) is 0.562. The highest BCUT2D eigenvalue weighted by atomic mass is 79.9. The van der Waals surface area contributed by atoms with Gasteiger partial charge in [-0.2, -0.15) is 0 Å². The first kappa shape index (κ1) is 15.5. The van der Waals surface area contributed by atoms with Gasteiger partial charge in [-0.1, -0.05) is 28.1 Å². The van der Waals surface area contributed by atoms with Gasteiger partial charge in [0.15, 0.2) is 0 Å². The molecule has 4 heteroatoms. The Labute approximate surface area is 128 Å². The first-order valence-electron chi connectivity index (χ1n) is 7.32. The van der Waals surface area contributed by atoms with Crippen LogP contribution in [-0.2, 0) is 11.2 Å². The van der Waals surface area contributed by atoms with E-state index in [9.17, 15) is 4.79 Å². The van der Waals surface area contributed by atoms with Crippen LogP contribution in [0.5, 0.6) is 0 Å². The summed E-state index contributed by atoms with van der Waals surface area (Å²) in [6.45, 7) is 0.282. The van der Waals surface area contributed by atoms with E-state index in [1.165, 1.54) is 5.56 Å². The Morgan fingerprint density at radius 3 is 2.45 bits per heavy atom. The van der Waals surface area contributed by atoms with Gasteiger partial charge in [0.25, 0.3) is 0 Å². The van der Waals surface area contributed by atoms with Gasteiger partial charge < -0.3 is 10.4 Å². The highest BCUT2D eigenvalue weighted by Crippen LogP contribution is 2.23. The number of hydrogen-bond acceptors (Lipinski definition) is 2. The Bertz CT molecular complexity index is 425. The van der Waals surface area contributed by atoms with Crippen LogP contribution in [0.25, 0.3) is 0 Å². The maximum Gasteiger partial charge on any atom is 0.220 e. The summed E-state index contributed by atoms with van der Waals surface area (Å²) in [5.41, 5.74) is 1.19. The van der Waals surface area contributed by atoms with Crippen LogP contribution < -0.4 is 5.32 Å². The van der Waals surface area contributed by atoms with Crippen LogP contribution >= 0.6 is 15.9 Å². The molecule has 0 unspecified atom stereocenters. The van der Waals surface area contributed by atoms with Crippen molar-refractivity contribution in [3.8, 4) is 0 Å². The molecule has 0 aromatic heterocycles. The normalized spacial score (nSPS) is 22.5. The smallest absolute Gasteiger partial charge is 0.220 e. The number of aliphatic hydroxyl groups excluding tert-OH is 1. The molecule has 1 aliphatic rings. The molecule has 1 saturated carbocycles. The summed E-state index contributed by atoms with van der Waals surface area (Å²) >= 11 is 3.40. The van der Waals surface area contributed by atoms with Crippen molar-refractivity contribution in [3.05, 3.63) is 34.3 Å². The molecule has 2 rings (SSSR count). The topological polar surface area (TPSA) is 49.3 Å². The average molecular weight is 340 g/mol. The molecule has 2 N–H and O–H groups in total. The van der Waals surface area contributed by atoms with E-state index in [0.29, 0.717) is 18.4 Å². The van der Waals surface area contributed by atoms with Gasteiger partial charge in [0.05, 0.1) is 0 Å². The molecular formula is C16H22BrNO2. The van der Waals surface area contributed by atoms with Crippen LogP contribution in [0.15, 0.2) is 28.7 Å². The lowest BCUT2D eigenvalue weighted by Crippen LogP contribution is -2.38. The number of carbonyl (C=O) groups excluding carboxylic acids is 1. The Balaban J connectivity index is 1.69. The molecule has 0 heterocycles. The number of aliphatic hydroxyl groups is 1. The maximum absolute atomic E-state index is 11.9. The minimum Gasteiger partial charge on any atom is -0.396 e. The highest BCUT2D eigenvalue weighted by molar-refractivity contribution is 9.10. The van der Waals surface area contributed by atoms with E-state index in [1.54, 1.807) is 0 Å². The lowest BCUT2D eigenvalue weighted by Gasteiger charge is -2.27. The molecule has 0 aliphatic heterocycles. The number of aryl methyl sites for hydroxylation is 1. The van der Waals surface area contributed by atoms with Crippen molar-refractivity contribution in [1.29, 1.82) is 0 Å². The van der Waals surface area contributed by atoms with Gasteiger partial charge >= 0.3 is 0 Å². The molecule has 1 aromatic rings. The molecule has 1 fully saturated rings. The van der Waals surface area contributed by atoms with E-state index < -0.39 is 0 Å². The minimum atomic E-state index is 0.139. The number of nitrogens with one attached hydrogen (secondary N) is 1. The standard InChI is InChI=1S/C16H22BrNO2/c17-14-6-1-12(2-7-14)5-10-16(20)18-15-8-3-13(11-19)4-9-15/h1-2,6-7,13,15,19H,3-5,8-11H2,(H,18,20). The van der Waals surface area contributed by atoms with Crippen LogP contribution in [0.3, 0.4) is 0 Å². The van der Waals surface area contributed by atoms with Crippen molar-refractivity contribution in [3.63, 3.8) is 0 Å². The zero-order valence-corrected chi connectivity index (χ0v) is 13.2. The van der Waals surface area contributed by atoms with E-state index in [2.05, 4.69) is 21.2 Å². The number of halogens is 1. The Kier molecular flexibility index (Phi) is 6.05. The summed E-state index contributed by atoms with van der Waals surface area (Å²) in [7, 11) is 0. The van der Waals surface area contributed by atoms with Crippen LogP contribution in [0, 0.1) is 5.92 Å². The highest BCUT2D eigenvalue weighted by Gasteiger charge is 2.21. The molecule has 0 saturated heterocycles. The van der Waals surface area contributed by atoms with Crippen molar-refractivity contribution >= 4 is 21.8 Å². The van der Waals surface area contributed by atoms with E-state index in [4.69, 9.17) is 5.11 Å². The van der Waals surface area contributed by atoms with Gasteiger partial charge in [-0.25, -0.2) is 0 Å². The van der Waals surface area contributed by atoms with E-state index in [1.807, 2.05) is 24.3 Å². The fourth-order valence-electron chi connectivity index (χ4n) is 2.70. The molecule has 0 bridgehead atoms. The van der Waals surface area contributed by atoms with E-state index in [0.717, 1.165) is 36.6 Å². The van der Waals surface area contributed by atoms with E-state index in [-0.39, 0.29) is 12.5 Å². The van der Waals surface area contributed by atoms with Crippen molar-refractivity contribution in [2.24, 2.45) is 5.92 Å². The molecule has 0 radical (unpaired) electrons. The van der Waals surface area contributed by atoms with Crippen molar-refractivity contribution < 1.29 is 9.90 Å². The second kappa shape index (κ2) is 7.79. The van der Waals surface area contributed by atoms with Crippen LogP contribution in [0.4, 0.5) is 0 Å². The fourth-order valence-corrected chi connectivity index (χ4v) is 2.96. The summed E-state index contributed by atoms with van der Waals surface area (Å²) in [6.07, 6.45) is 5.36. The van der Waals surface area contributed by atoms with Gasteiger partial charge in [0.1, 0.15) is 0 Å². The van der Waals surface area contributed by atoms with E-state index >= 15 is 0 Å². The van der Waals surface area contributed by atoms with Gasteiger partial charge in [-0.05, 0) is 55.7 Å². The van der Waals surface area contributed by atoms with Crippen molar-refractivity contribution in [2.75, 3.05) is 6.61 Å². The molecule has 1 aromatic carbocycles. The second-order valence-electron chi connectivity index (χ2n) is 5.59. The number of hydrogen-bond donors (Lipinski definition) is 2. The van der Waals surface area contributed by atoms with Gasteiger partial charge in [0, 0.05) is 23.5 Å². The monoisotopic (exact) mass is 339 g/mol. The summed E-state index contributed by atoms with van der Waals surface area (Å²) in [6, 6.07) is 8.40. The Morgan fingerprint density at radius 1 is 1.20 bits per heavy atom. The third-order valence-corrected chi connectivity index (χ3v) is 4.55. The van der Waals surface area contributed by atoms with Crippen molar-refractivity contribution in [1.82, 2.24) is 5.32 Å². The zero-order valence-electron chi connectivity index (χ0n) is 11.6. The van der Waals surface area contributed by atoms with Crippen LogP contribution in [0.1, 0.15) is 37.7 Å². The molecule has 1 aliphatic carbocycles. The Morgan fingerprint density at radius 2 is 1.85 bits per heavy atom. The summed E-state index contributed by atoms with van der Waals surface area (Å²) in [5.74, 6) is 0.575. The zero-order chi connectivity index (χ0) is 14.4. The molecule has 0 atom stereocenters. The molecule has 1 amide bonds. The summed E-state index contributed by atoms with van der Waals surface area (Å²) < 4.78 is 1.06. The average Bonchev–Trinajstić information content (AvgIpc) is 2.47. The van der Waals surface area contributed by atoms with Crippen LogP contribution in [-0.4, -0.2) is 23.7 Å². The third-order valence-electron chi connectivity index (χ3n) is 4.02. The first-order chi connectivity index (χ1) is 9.67. The number of benzene rings is 1. The predicted octanol–water partition coefficient (Wildman–Crippen LogP) is 3.05.